The minimum Gasteiger partial charge on any atom is -0.431 e. The molecule has 3 aromatic rings. The van der Waals surface area contributed by atoms with Gasteiger partial charge in [0.2, 0.25) is 5.91 Å². The molecule has 0 radical (unpaired) electrons. The van der Waals surface area contributed by atoms with Crippen LogP contribution in [0.5, 0.6) is 0 Å². The molecule has 2 aromatic carbocycles. The van der Waals surface area contributed by atoms with Crippen molar-refractivity contribution in [3.05, 3.63) is 47.5 Å². The van der Waals surface area contributed by atoms with Crippen molar-refractivity contribution in [3.8, 4) is 0 Å². The van der Waals surface area contributed by atoms with E-state index in [0.29, 0.717) is 18.4 Å². The SMILES string of the molecule is CC(C)c1ccc(N(C)C)c(C(C)C)c1NC(=O)CN1CCN(CCSc2nc3ccccc3o2)CC1. The molecule has 0 unspecified atom stereocenters. The lowest BCUT2D eigenvalue weighted by molar-refractivity contribution is -0.117. The highest BCUT2D eigenvalue weighted by Gasteiger charge is 2.23. The number of nitrogens with one attached hydrogen (secondary N) is 1. The summed E-state index contributed by atoms with van der Waals surface area (Å²) in [5.74, 6) is 1.65. The van der Waals surface area contributed by atoms with Gasteiger partial charge >= 0.3 is 0 Å². The molecule has 1 fully saturated rings. The van der Waals surface area contributed by atoms with Crippen LogP contribution in [0.2, 0.25) is 0 Å². The second-order valence-corrected chi connectivity index (χ2v) is 11.7. The van der Waals surface area contributed by atoms with E-state index in [4.69, 9.17) is 4.42 Å². The Kier molecular flexibility index (Phi) is 9.16. The summed E-state index contributed by atoms with van der Waals surface area (Å²) in [5, 5.41) is 4.05. The Labute approximate surface area is 225 Å². The molecular weight excluding hydrogens is 482 g/mol. The van der Waals surface area contributed by atoms with Crippen molar-refractivity contribution in [1.29, 1.82) is 0 Å². The fourth-order valence-corrected chi connectivity index (χ4v) is 5.78. The maximum Gasteiger partial charge on any atom is 0.256 e. The molecule has 0 spiro atoms. The van der Waals surface area contributed by atoms with Gasteiger partial charge in [-0.3, -0.25) is 14.6 Å². The molecule has 7 nitrogen and oxygen atoms in total. The van der Waals surface area contributed by atoms with E-state index in [1.807, 2.05) is 24.3 Å². The molecule has 8 heteroatoms. The Balaban J connectivity index is 1.29. The van der Waals surface area contributed by atoms with Crippen LogP contribution in [0.15, 0.2) is 46.0 Å². The van der Waals surface area contributed by atoms with Crippen molar-refractivity contribution in [2.75, 3.05) is 69.3 Å². The number of rotatable bonds is 10. The number of thioether (sulfide) groups is 1. The Morgan fingerprint density at radius 2 is 1.73 bits per heavy atom. The van der Waals surface area contributed by atoms with Gasteiger partial charge in [0.25, 0.3) is 5.22 Å². The number of piperazine rings is 1. The molecule has 0 aliphatic carbocycles. The van der Waals surface area contributed by atoms with E-state index >= 15 is 0 Å². The zero-order valence-corrected chi connectivity index (χ0v) is 23.9. The van der Waals surface area contributed by atoms with Gasteiger partial charge in [-0.2, -0.15) is 0 Å². The van der Waals surface area contributed by atoms with E-state index in [1.54, 1.807) is 11.8 Å². The lowest BCUT2D eigenvalue weighted by Gasteiger charge is -2.34. The summed E-state index contributed by atoms with van der Waals surface area (Å²) in [7, 11) is 4.13. The van der Waals surface area contributed by atoms with Gasteiger partial charge in [0, 0.05) is 69.5 Å². The Morgan fingerprint density at radius 1 is 1.03 bits per heavy atom. The number of nitrogens with zero attached hydrogens (tertiary/aromatic N) is 4. The van der Waals surface area contributed by atoms with Gasteiger partial charge < -0.3 is 14.6 Å². The molecule has 2 heterocycles. The average molecular weight is 524 g/mol. The molecule has 1 aromatic heterocycles. The monoisotopic (exact) mass is 523 g/mol. The Hall–Kier alpha value is -2.55. The zero-order valence-electron chi connectivity index (χ0n) is 23.1. The van der Waals surface area contributed by atoms with Crippen LogP contribution in [0.4, 0.5) is 11.4 Å². The Morgan fingerprint density at radius 3 is 2.38 bits per heavy atom. The number of aromatic nitrogens is 1. The number of carbonyl (C=O) groups excluding carboxylic acids is 1. The lowest BCUT2D eigenvalue weighted by atomic mass is 9.90. The fourth-order valence-electron chi connectivity index (χ4n) is 4.95. The summed E-state index contributed by atoms with van der Waals surface area (Å²) in [6, 6.07) is 12.2. The normalized spacial score (nSPS) is 15.1. The molecule has 4 rings (SSSR count). The summed E-state index contributed by atoms with van der Waals surface area (Å²) in [5.41, 5.74) is 6.32. The van der Waals surface area contributed by atoms with E-state index in [-0.39, 0.29) is 5.91 Å². The van der Waals surface area contributed by atoms with Gasteiger partial charge in [0.05, 0.1) is 6.54 Å². The highest BCUT2D eigenvalue weighted by atomic mass is 32.2. The predicted octanol–water partition coefficient (Wildman–Crippen LogP) is 5.49. The van der Waals surface area contributed by atoms with Gasteiger partial charge in [-0.05, 0) is 35.6 Å². The number of fused-ring (bicyclic) bond motifs is 1. The standard InChI is InChI=1S/C29H41N5O2S/c1-20(2)22-11-12-24(32(5)6)27(21(3)4)28(22)31-26(35)19-34-15-13-33(14-16-34)17-18-37-29-30-23-9-7-8-10-25(23)36-29/h7-12,20-21H,13-19H2,1-6H3,(H,31,35). The molecule has 1 aliphatic rings. The van der Waals surface area contributed by atoms with Gasteiger partial charge in [0.1, 0.15) is 5.52 Å². The molecule has 200 valence electrons. The predicted molar refractivity (Wildman–Crippen MR) is 155 cm³/mol. The highest BCUT2D eigenvalue weighted by Crippen LogP contribution is 2.39. The smallest absolute Gasteiger partial charge is 0.256 e. The van der Waals surface area contributed by atoms with Gasteiger partial charge in [-0.15, -0.1) is 0 Å². The minimum atomic E-state index is 0.0691. The first kappa shape index (κ1) is 27.5. The van der Waals surface area contributed by atoms with E-state index in [9.17, 15) is 4.79 Å². The second kappa shape index (κ2) is 12.3. The van der Waals surface area contributed by atoms with Crippen LogP contribution in [0.25, 0.3) is 11.1 Å². The quantitative estimate of drug-likeness (QED) is 0.353. The number of hydrogen-bond donors (Lipinski definition) is 1. The number of amides is 1. The maximum absolute atomic E-state index is 13.2. The van der Waals surface area contributed by atoms with Crippen molar-refractivity contribution >= 4 is 40.1 Å². The molecule has 0 saturated carbocycles. The van der Waals surface area contributed by atoms with Gasteiger partial charge in [0.15, 0.2) is 5.58 Å². The largest absolute Gasteiger partial charge is 0.431 e. The number of hydrogen-bond acceptors (Lipinski definition) is 7. The molecule has 37 heavy (non-hydrogen) atoms. The first-order valence-corrected chi connectivity index (χ1v) is 14.3. The molecule has 1 N–H and O–H groups in total. The topological polar surface area (TPSA) is 64.9 Å². The van der Waals surface area contributed by atoms with E-state index in [1.165, 1.54) is 16.8 Å². The number of para-hydroxylation sites is 2. The van der Waals surface area contributed by atoms with Crippen molar-refractivity contribution in [3.63, 3.8) is 0 Å². The van der Waals surface area contributed by atoms with Crippen molar-refractivity contribution in [1.82, 2.24) is 14.8 Å². The molecule has 1 amide bonds. The number of benzene rings is 2. The molecule has 0 atom stereocenters. The molecule has 1 saturated heterocycles. The number of carbonyl (C=O) groups is 1. The van der Waals surface area contributed by atoms with Crippen LogP contribution in [0.3, 0.4) is 0 Å². The summed E-state index contributed by atoms with van der Waals surface area (Å²) in [6.45, 7) is 13.9. The summed E-state index contributed by atoms with van der Waals surface area (Å²) >= 11 is 1.66. The third-order valence-electron chi connectivity index (χ3n) is 6.94. The zero-order chi connectivity index (χ0) is 26.5. The number of anilines is 2. The maximum atomic E-state index is 13.2. The third kappa shape index (κ3) is 6.86. The van der Waals surface area contributed by atoms with E-state index < -0.39 is 0 Å². The first-order chi connectivity index (χ1) is 17.7. The summed E-state index contributed by atoms with van der Waals surface area (Å²) in [6.07, 6.45) is 0. The third-order valence-corrected chi connectivity index (χ3v) is 7.75. The average Bonchev–Trinajstić information content (AvgIpc) is 3.27. The van der Waals surface area contributed by atoms with Gasteiger partial charge in [-0.1, -0.05) is 57.7 Å². The van der Waals surface area contributed by atoms with Crippen molar-refractivity contribution in [2.45, 2.75) is 44.8 Å². The van der Waals surface area contributed by atoms with Crippen LogP contribution in [0.1, 0.15) is 50.7 Å². The van der Waals surface area contributed by atoms with Crippen molar-refractivity contribution < 1.29 is 9.21 Å². The lowest BCUT2D eigenvalue weighted by Crippen LogP contribution is -2.49. The first-order valence-electron chi connectivity index (χ1n) is 13.3. The number of oxazole rings is 1. The van der Waals surface area contributed by atoms with Gasteiger partial charge in [-0.25, -0.2) is 4.98 Å². The van der Waals surface area contributed by atoms with E-state index in [2.05, 4.69) is 78.9 Å². The molecular formula is C29H41N5O2S. The summed E-state index contributed by atoms with van der Waals surface area (Å²) in [4.78, 5) is 24.6. The minimum absolute atomic E-state index is 0.0691. The van der Waals surface area contributed by atoms with Crippen LogP contribution in [-0.4, -0.2) is 79.8 Å². The Bertz CT molecular complexity index is 1170. The van der Waals surface area contributed by atoms with E-state index in [0.717, 1.165) is 60.5 Å². The molecule has 0 bridgehead atoms. The fraction of sp³-hybridized carbons (Fsp3) is 0.517. The van der Waals surface area contributed by atoms with Crippen LogP contribution in [0, 0.1) is 0 Å². The highest BCUT2D eigenvalue weighted by molar-refractivity contribution is 7.99. The van der Waals surface area contributed by atoms with Crippen LogP contribution < -0.4 is 10.2 Å². The van der Waals surface area contributed by atoms with Crippen molar-refractivity contribution in [2.24, 2.45) is 0 Å². The summed E-state index contributed by atoms with van der Waals surface area (Å²) < 4.78 is 5.81. The van der Waals surface area contributed by atoms with Crippen LogP contribution in [-0.2, 0) is 4.79 Å². The molecule has 1 aliphatic heterocycles. The van der Waals surface area contributed by atoms with Crippen LogP contribution >= 0.6 is 11.8 Å². The second-order valence-electron chi connectivity index (χ2n) is 10.6.